The van der Waals surface area contributed by atoms with E-state index in [4.69, 9.17) is 11.6 Å². The van der Waals surface area contributed by atoms with Crippen LogP contribution in [-0.2, 0) is 11.2 Å². The second-order valence-corrected chi connectivity index (χ2v) is 7.00. The van der Waals surface area contributed by atoms with Gasteiger partial charge in [-0.3, -0.25) is 4.79 Å². The molecular weight excluding hydrogens is 350 g/mol. The second kappa shape index (κ2) is 6.63. The molecule has 0 radical (unpaired) electrons. The van der Waals surface area contributed by atoms with Crippen LogP contribution in [0.5, 0.6) is 0 Å². The van der Waals surface area contributed by atoms with E-state index in [1.54, 1.807) is 0 Å². The molecule has 0 atom stereocenters. The highest BCUT2D eigenvalue weighted by Gasteiger charge is 2.28. The summed E-state index contributed by atoms with van der Waals surface area (Å²) < 4.78 is 0.987. The van der Waals surface area contributed by atoms with E-state index in [0.717, 1.165) is 15.7 Å². The molecule has 0 saturated heterocycles. The molecule has 0 aliphatic heterocycles. The zero-order valence-electron chi connectivity index (χ0n) is 12.0. The standard InChI is InChI=1S/C17H17BrClNO/c1-17(2,11-12-3-7-14(19)8-4-12)16(21)20-15-9-5-13(18)6-10-15/h3-10H,11H2,1-2H3,(H,20,21). The monoisotopic (exact) mass is 365 g/mol. The minimum Gasteiger partial charge on any atom is -0.326 e. The maximum Gasteiger partial charge on any atom is 0.230 e. The Morgan fingerprint density at radius 1 is 1.10 bits per heavy atom. The summed E-state index contributed by atoms with van der Waals surface area (Å²) >= 11 is 9.26. The molecule has 4 heteroatoms. The van der Waals surface area contributed by atoms with Gasteiger partial charge < -0.3 is 5.32 Å². The number of benzene rings is 2. The molecule has 0 aliphatic rings. The second-order valence-electron chi connectivity index (χ2n) is 5.65. The van der Waals surface area contributed by atoms with E-state index >= 15 is 0 Å². The molecule has 0 spiro atoms. The fourth-order valence-corrected chi connectivity index (χ4v) is 2.42. The third kappa shape index (κ3) is 4.58. The first-order valence-electron chi connectivity index (χ1n) is 6.68. The number of hydrogen-bond acceptors (Lipinski definition) is 1. The van der Waals surface area contributed by atoms with E-state index in [1.807, 2.05) is 62.4 Å². The van der Waals surface area contributed by atoms with Crippen molar-refractivity contribution in [2.75, 3.05) is 5.32 Å². The molecule has 1 amide bonds. The first-order chi connectivity index (χ1) is 9.87. The highest BCUT2D eigenvalue weighted by Crippen LogP contribution is 2.25. The van der Waals surface area contributed by atoms with Crippen molar-refractivity contribution in [2.24, 2.45) is 5.41 Å². The van der Waals surface area contributed by atoms with E-state index in [1.165, 1.54) is 0 Å². The minimum absolute atomic E-state index is 0.000211. The zero-order valence-corrected chi connectivity index (χ0v) is 14.3. The van der Waals surface area contributed by atoms with Gasteiger partial charge >= 0.3 is 0 Å². The van der Waals surface area contributed by atoms with Gasteiger partial charge in [-0.1, -0.05) is 53.5 Å². The average molecular weight is 367 g/mol. The lowest BCUT2D eigenvalue weighted by Gasteiger charge is -2.23. The van der Waals surface area contributed by atoms with Crippen molar-refractivity contribution in [2.45, 2.75) is 20.3 Å². The molecule has 1 N–H and O–H groups in total. The molecule has 21 heavy (non-hydrogen) atoms. The van der Waals surface area contributed by atoms with Crippen LogP contribution in [0.25, 0.3) is 0 Å². The van der Waals surface area contributed by atoms with E-state index in [2.05, 4.69) is 21.2 Å². The molecular formula is C17H17BrClNO. The van der Waals surface area contributed by atoms with E-state index in [-0.39, 0.29) is 5.91 Å². The van der Waals surface area contributed by atoms with Crippen molar-refractivity contribution >= 4 is 39.1 Å². The lowest BCUT2D eigenvalue weighted by molar-refractivity contribution is -0.123. The normalized spacial score (nSPS) is 11.2. The third-order valence-electron chi connectivity index (χ3n) is 3.28. The van der Waals surface area contributed by atoms with Crippen LogP contribution in [0, 0.1) is 5.41 Å². The fraction of sp³-hybridized carbons (Fsp3) is 0.235. The molecule has 2 nitrogen and oxygen atoms in total. The van der Waals surface area contributed by atoms with Crippen molar-refractivity contribution < 1.29 is 4.79 Å². The van der Waals surface area contributed by atoms with E-state index in [9.17, 15) is 4.79 Å². The van der Waals surface area contributed by atoms with E-state index < -0.39 is 5.41 Å². The summed E-state index contributed by atoms with van der Waals surface area (Å²) in [6.07, 6.45) is 0.659. The number of rotatable bonds is 4. The van der Waals surface area contributed by atoms with Gasteiger partial charge in [0, 0.05) is 20.6 Å². The smallest absolute Gasteiger partial charge is 0.230 e. The minimum atomic E-state index is -0.499. The number of carbonyl (C=O) groups excluding carboxylic acids is 1. The molecule has 2 aromatic carbocycles. The summed E-state index contributed by atoms with van der Waals surface area (Å²) in [5, 5.41) is 3.66. The Hall–Kier alpha value is -1.32. The Bertz CT molecular complexity index is 620. The molecule has 0 unspecified atom stereocenters. The first kappa shape index (κ1) is 16.1. The van der Waals surface area contributed by atoms with Crippen molar-refractivity contribution in [1.29, 1.82) is 0 Å². The predicted octanol–water partition coefficient (Wildman–Crippen LogP) is 5.31. The number of halogens is 2. The Morgan fingerprint density at radius 3 is 2.24 bits per heavy atom. The SMILES string of the molecule is CC(C)(Cc1ccc(Cl)cc1)C(=O)Nc1ccc(Br)cc1. The number of nitrogens with one attached hydrogen (secondary N) is 1. The summed E-state index contributed by atoms with van der Waals surface area (Å²) in [7, 11) is 0. The van der Waals surface area contributed by atoms with Gasteiger partial charge in [0.1, 0.15) is 0 Å². The zero-order chi connectivity index (χ0) is 15.5. The molecule has 0 fully saturated rings. The van der Waals surface area contributed by atoms with Crippen LogP contribution in [0.15, 0.2) is 53.0 Å². The Balaban J connectivity index is 2.05. The van der Waals surface area contributed by atoms with Crippen LogP contribution in [0.2, 0.25) is 5.02 Å². The van der Waals surface area contributed by atoms with Crippen molar-refractivity contribution in [3.63, 3.8) is 0 Å². The van der Waals surface area contributed by atoms with Gasteiger partial charge in [0.25, 0.3) is 0 Å². The predicted molar refractivity (Wildman–Crippen MR) is 91.7 cm³/mol. The summed E-state index contributed by atoms with van der Waals surface area (Å²) in [5.41, 5.74) is 1.39. The average Bonchev–Trinajstić information content (AvgIpc) is 2.43. The first-order valence-corrected chi connectivity index (χ1v) is 7.85. The van der Waals surface area contributed by atoms with Crippen LogP contribution in [-0.4, -0.2) is 5.91 Å². The summed E-state index contributed by atoms with van der Waals surface area (Å²) in [5.74, 6) is -0.000211. The topological polar surface area (TPSA) is 29.1 Å². The summed E-state index contributed by atoms with van der Waals surface area (Å²) in [4.78, 5) is 12.4. The molecule has 110 valence electrons. The summed E-state index contributed by atoms with van der Waals surface area (Å²) in [6, 6.07) is 15.2. The Kier molecular flexibility index (Phi) is 5.07. The maximum atomic E-state index is 12.4. The van der Waals surface area contributed by atoms with Gasteiger partial charge in [-0.25, -0.2) is 0 Å². The van der Waals surface area contributed by atoms with Crippen LogP contribution < -0.4 is 5.32 Å². The molecule has 0 saturated carbocycles. The molecule has 0 aliphatic carbocycles. The number of anilines is 1. The quantitative estimate of drug-likeness (QED) is 0.780. The largest absolute Gasteiger partial charge is 0.326 e. The Labute approximate surface area is 138 Å². The van der Waals surface area contributed by atoms with Crippen molar-refractivity contribution in [3.8, 4) is 0 Å². The lowest BCUT2D eigenvalue weighted by Crippen LogP contribution is -2.32. The van der Waals surface area contributed by atoms with Gasteiger partial charge in [0.15, 0.2) is 0 Å². The van der Waals surface area contributed by atoms with Gasteiger partial charge in [0.05, 0.1) is 0 Å². The van der Waals surface area contributed by atoms with Gasteiger partial charge in [-0.05, 0) is 48.4 Å². The number of amides is 1. The van der Waals surface area contributed by atoms with E-state index in [0.29, 0.717) is 11.4 Å². The molecule has 2 aromatic rings. The number of carbonyl (C=O) groups is 1. The highest BCUT2D eigenvalue weighted by molar-refractivity contribution is 9.10. The van der Waals surface area contributed by atoms with Crippen LogP contribution >= 0.6 is 27.5 Å². The van der Waals surface area contributed by atoms with Crippen LogP contribution in [0.4, 0.5) is 5.69 Å². The van der Waals surface area contributed by atoms with Crippen LogP contribution in [0.3, 0.4) is 0 Å². The fourth-order valence-electron chi connectivity index (χ4n) is 2.03. The molecule has 0 aromatic heterocycles. The molecule has 0 heterocycles. The van der Waals surface area contributed by atoms with Gasteiger partial charge in [-0.15, -0.1) is 0 Å². The molecule has 2 rings (SSSR count). The van der Waals surface area contributed by atoms with Gasteiger partial charge in [-0.2, -0.15) is 0 Å². The molecule has 0 bridgehead atoms. The summed E-state index contributed by atoms with van der Waals surface area (Å²) in [6.45, 7) is 3.88. The van der Waals surface area contributed by atoms with Crippen molar-refractivity contribution in [1.82, 2.24) is 0 Å². The van der Waals surface area contributed by atoms with Crippen LogP contribution in [0.1, 0.15) is 19.4 Å². The third-order valence-corrected chi connectivity index (χ3v) is 4.06. The number of hydrogen-bond donors (Lipinski definition) is 1. The Morgan fingerprint density at radius 2 is 1.67 bits per heavy atom. The van der Waals surface area contributed by atoms with Gasteiger partial charge in [0.2, 0.25) is 5.91 Å². The highest BCUT2D eigenvalue weighted by atomic mass is 79.9. The lowest BCUT2D eigenvalue weighted by atomic mass is 9.84. The maximum absolute atomic E-state index is 12.4. The van der Waals surface area contributed by atoms with Crippen molar-refractivity contribution in [3.05, 3.63) is 63.6 Å².